The third-order valence-electron chi connectivity index (χ3n) is 4.42. The molecule has 0 amide bonds. The van der Waals surface area contributed by atoms with Gasteiger partial charge in [-0.15, -0.1) is 0 Å². The molecule has 0 aliphatic heterocycles. The number of aromatic hydroxyl groups is 1. The first kappa shape index (κ1) is 21.0. The van der Waals surface area contributed by atoms with Crippen LogP contribution in [0.15, 0.2) is 115 Å². The van der Waals surface area contributed by atoms with Gasteiger partial charge in [-0.25, -0.2) is 0 Å². The standard InChI is InChI=1S/C18H15OP.C6H5NO3/c19-20(16-10-4-1-5-11-16,17-12-6-2-7-13-17)18-14-8-3-9-15-18;8-6-3-1-5(2-4-6)7(9)10/h1-15H;1-4,8H. The zero-order valence-electron chi connectivity index (χ0n) is 16.0. The molecule has 5 nitrogen and oxygen atoms in total. The zero-order chi connectivity index (χ0) is 21.4. The molecule has 0 heterocycles. The van der Waals surface area contributed by atoms with Crippen LogP contribution in [0.3, 0.4) is 0 Å². The van der Waals surface area contributed by atoms with E-state index in [2.05, 4.69) is 0 Å². The van der Waals surface area contributed by atoms with E-state index >= 15 is 0 Å². The lowest BCUT2D eigenvalue weighted by Gasteiger charge is -2.19. The van der Waals surface area contributed by atoms with E-state index in [1.54, 1.807) is 0 Å². The molecule has 150 valence electrons. The fourth-order valence-corrected chi connectivity index (χ4v) is 5.61. The number of phenolic OH excluding ortho intramolecular Hbond substituents is 1. The number of hydrogen-bond donors (Lipinski definition) is 1. The number of rotatable bonds is 4. The van der Waals surface area contributed by atoms with Crippen molar-refractivity contribution in [1.29, 1.82) is 0 Å². The van der Waals surface area contributed by atoms with Crippen LogP contribution < -0.4 is 15.9 Å². The first-order valence-electron chi connectivity index (χ1n) is 9.22. The molecule has 0 fully saturated rings. The highest BCUT2D eigenvalue weighted by Gasteiger charge is 2.28. The number of nitro groups is 1. The molecular weight excluding hydrogens is 397 g/mol. The van der Waals surface area contributed by atoms with Crippen LogP contribution in [0.5, 0.6) is 5.75 Å². The van der Waals surface area contributed by atoms with Gasteiger partial charge in [0.25, 0.3) is 5.69 Å². The zero-order valence-corrected chi connectivity index (χ0v) is 16.9. The van der Waals surface area contributed by atoms with E-state index in [1.807, 2.05) is 91.0 Å². The average Bonchev–Trinajstić information content (AvgIpc) is 2.81. The Bertz CT molecular complexity index is 1030. The van der Waals surface area contributed by atoms with E-state index in [0.29, 0.717) is 0 Å². The first-order chi connectivity index (χ1) is 14.5. The molecule has 4 rings (SSSR count). The average molecular weight is 417 g/mol. The molecule has 0 saturated carbocycles. The number of benzene rings is 4. The Balaban J connectivity index is 0.000000216. The van der Waals surface area contributed by atoms with E-state index in [0.717, 1.165) is 15.9 Å². The largest absolute Gasteiger partial charge is 0.508 e. The molecule has 0 aromatic heterocycles. The molecule has 0 spiro atoms. The second-order valence-corrected chi connectivity index (χ2v) is 9.16. The minimum absolute atomic E-state index is 0.0159. The van der Waals surface area contributed by atoms with Crippen LogP contribution in [-0.2, 0) is 4.57 Å². The minimum atomic E-state index is -2.78. The van der Waals surface area contributed by atoms with Gasteiger partial charge in [-0.1, -0.05) is 91.0 Å². The van der Waals surface area contributed by atoms with Crippen molar-refractivity contribution in [3.63, 3.8) is 0 Å². The monoisotopic (exact) mass is 417 g/mol. The number of phenols is 1. The van der Waals surface area contributed by atoms with Crippen LogP contribution in [0.2, 0.25) is 0 Å². The molecule has 4 aromatic carbocycles. The molecule has 0 radical (unpaired) electrons. The lowest BCUT2D eigenvalue weighted by molar-refractivity contribution is -0.384. The van der Waals surface area contributed by atoms with Gasteiger partial charge in [-0.05, 0) is 12.1 Å². The van der Waals surface area contributed by atoms with Crippen molar-refractivity contribution >= 4 is 28.7 Å². The normalized spacial score (nSPS) is 10.5. The van der Waals surface area contributed by atoms with Crippen LogP contribution in [0, 0.1) is 10.1 Å². The molecule has 0 saturated heterocycles. The molecular formula is C24H20NO4P. The maximum absolute atomic E-state index is 13.8. The Morgan fingerprint density at radius 3 is 1.23 bits per heavy atom. The topological polar surface area (TPSA) is 80.4 Å². The van der Waals surface area contributed by atoms with Gasteiger partial charge in [0.1, 0.15) is 5.75 Å². The summed E-state index contributed by atoms with van der Waals surface area (Å²) in [5.74, 6) is 0.0330. The van der Waals surface area contributed by atoms with Crippen LogP contribution in [0.4, 0.5) is 5.69 Å². The quantitative estimate of drug-likeness (QED) is 0.298. The van der Waals surface area contributed by atoms with Gasteiger partial charge in [0.2, 0.25) is 0 Å². The van der Waals surface area contributed by atoms with Gasteiger partial charge in [0.05, 0.1) is 4.92 Å². The third-order valence-corrected chi connectivity index (χ3v) is 7.50. The van der Waals surface area contributed by atoms with Crippen molar-refractivity contribution in [2.75, 3.05) is 0 Å². The van der Waals surface area contributed by atoms with Gasteiger partial charge < -0.3 is 9.67 Å². The maximum Gasteiger partial charge on any atom is 0.269 e. The minimum Gasteiger partial charge on any atom is -0.508 e. The number of non-ortho nitro benzene ring substituents is 1. The lowest BCUT2D eigenvalue weighted by Crippen LogP contribution is -2.24. The van der Waals surface area contributed by atoms with E-state index in [9.17, 15) is 14.7 Å². The van der Waals surface area contributed by atoms with Crippen molar-refractivity contribution in [1.82, 2.24) is 0 Å². The summed E-state index contributed by atoms with van der Waals surface area (Å²) in [4.78, 5) is 9.52. The van der Waals surface area contributed by atoms with E-state index < -0.39 is 12.1 Å². The number of nitrogens with zero attached hydrogens (tertiary/aromatic N) is 1. The Hall–Kier alpha value is -3.69. The fraction of sp³-hybridized carbons (Fsp3) is 0. The van der Waals surface area contributed by atoms with Crippen LogP contribution in [0.1, 0.15) is 0 Å². The molecule has 0 aliphatic carbocycles. The van der Waals surface area contributed by atoms with Gasteiger partial charge in [-0.3, -0.25) is 10.1 Å². The summed E-state index contributed by atoms with van der Waals surface area (Å²) in [7, 11) is -2.78. The molecule has 0 unspecified atom stereocenters. The van der Waals surface area contributed by atoms with Crippen molar-refractivity contribution < 1.29 is 14.6 Å². The Morgan fingerprint density at radius 2 is 0.933 bits per heavy atom. The van der Waals surface area contributed by atoms with E-state index in [1.165, 1.54) is 24.3 Å². The summed E-state index contributed by atoms with van der Waals surface area (Å²) in [5, 5.41) is 21.4. The molecule has 0 bridgehead atoms. The maximum atomic E-state index is 13.8. The summed E-state index contributed by atoms with van der Waals surface area (Å²) in [5.41, 5.74) is -0.0159. The molecule has 0 aliphatic rings. The molecule has 0 atom stereocenters. The van der Waals surface area contributed by atoms with Crippen molar-refractivity contribution in [2.45, 2.75) is 0 Å². The Morgan fingerprint density at radius 1 is 0.600 bits per heavy atom. The second kappa shape index (κ2) is 9.68. The van der Waals surface area contributed by atoms with Crippen molar-refractivity contribution in [3.05, 3.63) is 125 Å². The van der Waals surface area contributed by atoms with Crippen LogP contribution >= 0.6 is 7.14 Å². The fourth-order valence-electron chi connectivity index (χ4n) is 2.94. The molecule has 30 heavy (non-hydrogen) atoms. The van der Waals surface area contributed by atoms with E-state index in [-0.39, 0.29) is 11.4 Å². The summed E-state index contributed by atoms with van der Waals surface area (Å²) in [6.07, 6.45) is 0. The Kier molecular flexibility index (Phi) is 6.79. The SMILES string of the molecule is O=P(c1ccccc1)(c1ccccc1)c1ccccc1.O=[N+]([O-])c1ccc(O)cc1. The first-order valence-corrected chi connectivity index (χ1v) is 10.9. The third kappa shape index (κ3) is 4.83. The van der Waals surface area contributed by atoms with Crippen molar-refractivity contribution in [2.24, 2.45) is 0 Å². The molecule has 1 N–H and O–H groups in total. The molecule has 6 heteroatoms. The van der Waals surface area contributed by atoms with Crippen LogP contribution in [0.25, 0.3) is 0 Å². The highest BCUT2D eigenvalue weighted by Crippen LogP contribution is 2.41. The summed E-state index contributed by atoms with van der Waals surface area (Å²) in [6.45, 7) is 0. The molecule has 4 aromatic rings. The summed E-state index contributed by atoms with van der Waals surface area (Å²) < 4.78 is 13.8. The number of hydrogen-bond acceptors (Lipinski definition) is 4. The van der Waals surface area contributed by atoms with Crippen LogP contribution in [-0.4, -0.2) is 10.0 Å². The highest BCUT2D eigenvalue weighted by atomic mass is 31.2. The lowest BCUT2D eigenvalue weighted by atomic mass is 10.3. The van der Waals surface area contributed by atoms with Gasteiger partial charge >= 0.3 is 0 Å². The van der Waals surface area contributed by atoms with Gasteiger partial charge in [-0.2, -0.15) is 0 Å². The smallest absolute Gasteiger partial charge is 0.269 e. The predicted molar refractivity (Wildman–Crippen MR) is 121 cm³/mol. The predicted octanol–water partition coefficient (Wildman–Crippen LogP) is 4.63. The second-order valence-electron chi connectivity index (χ2n) is 6.39. The van der Waals surface area contributed by atoms with Crippen molar-refractivity contribution in [3.8, 4) is 5.75 Å². The van der Waals surface area contributed by atoms with Gasteiger partial charge in [0, 0.05) is 28.0 Å². The summed E-state index contributed by atoms with van der Waals surface area (Å²) in [6, 6.07) is 34.2. The van der Waals surface area contributed by atoms with Gasteiger partial charge in [0.15, 0.2) is 7.14 Å². The Labute approximate surface area is 174 Å². The number of nitro benzene ring substituents is 1. The summed E-state index contributed by atoms with van der Waals surface area (Å²) >= 11 is 0. The highest BCUT2D eigenvalue weighted by molar-refractivity contribution is 7.85. The van der Waals surface area contributed by atoms with E-state index in [4.69, 9.17) is 5.11 Å².